The molecule has 0 heterocycles. The number of rotatable bonds is 2. The Hall–Kier alpha value is -1.14. The Morgan fingerprint density at radius 2 is 2.00 bits per heavy atom. The summed E-state index contributed by atoms with van der Waals surface area (Å²) in [6.07, 6.45) is -4.79. The molecule has 1 aromatic carbocycles. The van der Waals surface area contributed by atoms with E-state index in [9.17, 15) is 17.6 Å². The summed E-state index contributed by atoms with van der Waals surface area (Å²) in [5.74, 6) is -0.761. The minimum atomic E-state index is -4.79. The van der Waals surface area contributed by atoms with Crippen LogP contribution in [0.1, 0.15) is 5.56 Å². The number of aliphatic imine (C=N–C) groups is 1. The molecule has 1 rings (SSSR count). The van der Waals surface area contributed by atoms with E-state index in [0.29, 0.717) is 0 Å². The fourth-order valence-corrected chi connectivity index (χ4v) is 1.03. The van der Waals surface area contributed by atoms with Gasteiger partial charge in [-0.1, -0.05) is 17.7 Å². The van der Waals surface area contributed by atoms with Crippen LogP contribution in [-0.4, -0.2) is 16.5 Å². The first kappa shape index (κ1) is 12.9. The highest BCUT2D eigenvalue weighted by molar-refractivity contribution is 6.67. The molecule has 7 heteroatoms. The molecule has 1 N–H and O–H groups in total. The van der Waals surface area contributed by atoms with Gasteiger partial charge in [-0.25, -0.2) is 9.38 Å². The zero-order valence-corrected chi connectivity index (χ0v) is 8.48. The average Bonchev–Trinajstić information content (AvgIpc) is 2.16. The third kappa shape index (κ3) is 3.18. The molecule has 0 spiro atoms. The van der Waals surface area contributed by atoms with Crippen LogP contribution in [0.5, 0.6) is 0 Å². The molecule has 0 aliphatic heterocycles. The normalized spacial score (nSPS) is 13.0. The van der Waals surface area contributed by atoms with Crippen molar-refractivity contribution in [3.8, 4) is 0 Å². The van der Waals surface area contributed by atoms with Crippen LogP contribution in [0.15, 0.2) is 23.2 Å². The van der Waals surface area contributed by atoms with Crippen molar-refractivity contribution in [3.05, 3.63) is 29.6 Å². The summed E-state index contributed by atoms with van der Waals surface area (Å²) < 4.78 is 48.9. The van der Waals surface area contributed by atoms with Gasteiger partial charge in [-0.3, -0.25) is 0 Å². The molecular weight excluding hydrogens is 250 g/mol. The first-order valence-corrected chi connectivity index (χ1v) is 4.43. The van der Waals surface area contributed by atoms with E-state index in [4.69, 9.17) is 16.7 Å². The number of aliphatic hydroxyl groups is 1. The van der Waals surface area contributed by atoms with Gasteiger partial charge in [-0.15, -0.1) is 0 Å². The first-order valence-electron chi connectivity index (χ1n) is 4.05. The molecule has 0 fully saturated rings. The van der Waals surface area contributed by atoms with E-state index in [1.165, 1.54) is 0 Å². The van der Waals surface area contributed by atoms with Crippen molar-refractivity contribution < 1.29 is 22.7 Å². The lowest BCUT2D eigenvalue weighted by molar-refractivity contribution is -0.0558. The summed E-state index contributed by atoms with van der Waals surface area (Å²) >= 11 is 4.89. The fourth-order valence-electron chi connectivity index (χ4n) is 0.944. The third-order valence-corrected chi connectivity index (χ3v) is 1.97. The van der Waals surface area contributed by atoms with Crippen molar-refractivity contribution in [1.29, 1.82) is 0 Å². The molecule has 0 unspecified atom stereocenters. The number of hydrogen-bond donors (Lipinski definition) is 1. The lowest BCUT2D eigenvalue weighted by Crippen LogP contribution is -2.16. The van der Waals surface area contributed by atoms with Gasteiger partial charge in [0.05, 0.1) is 12.3 Å². The van der Waals surface area contributed by atoms with Gasteiger partial charge in [0.1, 0.15) is 5.82 Å². The minimum absolute atomic E-state index is 0.0591. The molecule has 1 aromatic rings. The Balaban J connectivity index is 3.18. The second-order valence-corrected chi connectivity index (χ2v) is 3.19. The molecule has 0 aromatic heterocycles. The number of benzene rings is 1. The Morgan fingerprint density at radius 3 is 2.50 bits per heavy atom. The van der Waals surface area contributed by atoms with E-state index in [2.05, 4.69) is 4.99 Å². The highest BCUT2D eigenvalue weighted by Gasteiger charge is 2.34. The Labute approximate surface area is 93.2 Å². The molecule has 0 bridgehead atoms. The van der Waals surface area contributed by atoms with Gasteiger partial charge in [0.15, 0.2) is 0 Å². The lowest BCUT2D eigenvalue weighted by Gasteiger charge is -2.06. The summed E-state index contributed by atoms with van der Waals surface area (Å²) in [6.45, 7) is -0.554. The van der Waals surface area contributed by atoms with Gasteiger partial charge >= 0.3 is 6.18 Å². The summed E-state index contributed by atoms with van der Waals surface area (Å²) in [5, 5.41) is 7.19. The highest BCUT2D eigenvalue weighted by atomic mass is 35.5. The topological polar surface area (TPSA) is 32.6 Å². The third-order valence-electron chi connectivity index (χ3n) is 1.67. The Bertz CT molecular complexity index is 416. The van der Waals surface area contributed by atoms with Crippen LogP contribution in [0.4, 0.5) is 23.2 Å². The summed E-state index contributed by atoms with van der Waals surface area (Å²) in [6, 6.07) is 2.90. The second-order valence-electron chi connectivity index (χ2n) is 2.83. The van der Waals surface area contributed by atoms with E-state index in [-0.39, 0.29) is 11.3 Å². The predicted molar refractivity (Wildman–Crippen MR) is 51.3 cm³/mol. The molecule has 2 nitrogen and oxygen atoms in total. The number of nitrogens with zero attached hydrogens (tertiary/aromatic N) is 1. The SMILES string of the molecule is OCc1ccc(F)cc1N=C(Cl)C(F)(F)F. The number of hydrogen-bond acceptors (Lipinski definition) is 2. The summed E-state index contributed by atoms with van der Waals surface area (Å²) in [7, 11) is 0. The number of halogens is 5. The van der Waals surface area contributed by atoms with Crippen molar-refractivity contribution in [2.45, 2.75) is 12.8 Å². The smallest absolute Gasteiger partial charge is 0.392 e. The van der Waals surface area contributed by atoms with Crippen molar-refractivity contribution in [3.63, 3.8) is 0 Å². The summed E-state index contributed by atoms with van der Waals surface area (Å²) in [5.41, 5.74) is -0.284. The van der Waals surface area contributed by atoms with Crippen LogP contribution in [0.3, 0.4) is 0 Å². The summed E-state index contributed by atoms with van der Waals surface area (Å²) in [4.78, 5) is 3.02. The van der Waals surface area contributed by atoms with Crippen LogP contribution in [0.2, 0.25) is 0 Å². The quantitative estimate of drug-likeness (QED) is 0.639. The van der Waals surface area contributed by atoms with E-state index in [1.807, 2.05) is 0 Å². The zero-order valence-electron chi connectivity index (χ0n) is 7.72. The lowest BCUT2D eigenvalue weighted by atomic mass is 10.2. The number of alkyl halides is 3. The van der Waals surface area contributed by atoms with Gasteiger partial charge < -0.3 is 5.11 Å². The van der Waals surface area contributed by atoms with Gasteiger partial charge in [-0.05, 0) is 12.1 Å². The van der Waals surface area contributed by atoms with Gasteiger partial charge in [0.2, 0.25) is 5.17 Å². The molecule has 0 aliphatic carbocycles. The molecule has 0 radical (unpaired) electrons. The number of aliphatic hydroxyl groups excluding tert-OH is 1. The molecule has 0 aliphatic rings. The molecular formula is C9H6ClF4NO. The molecule has 88 valence electrons. The average molecular weight is 256 g/mol. The van der Waals surface area contributed by atoms with E-state index < -0.39 is 23.8 Å². The van der Waals surface area contributed by atoms with Gasteiger partial charge in [0.25, 0.3) is 0 Å². The van der Waals surface area contributed by atoms with Crippen LogP contribution >= 0.6 is 11.6 Å². The highest BCUT2D eigenvalue weighted by Crippen LogP contribution is 2.26. The molecule has 0 saturated heterocycles. The molecule has 16 heavy (non-hydrogen) atoms. The maximum atomic E-state index is 12.8. The molecule has 0 atom stereocenters. The monoisotopic (exact) mass is 255 g/mol. The van der Waals surface area contributed by atoms with E-state index in [1.54, 1.807) is 0 Å². The van der Waals surface area contributed by atoms with Gasteiger partial charge in [-0.2, -0.15) is 13.2 Å². The fraction of sp³-hybridized carbons (Fsp3) is 0.222. The standard InChI is InChI=1S/C9H6ClF4NO/c10-8(9(12,13)14)15-7-3-6(11)2-1-5(7)4-16/h1-3,16H,4H2. The predicted octanol–water partition coefficient (Wildman–Crippen LogP) is 3.15. The largest absolute Gasteiger partial charge is 0.444 e. The van der Waals surface area contributed by atoms with Crippen molar-refractivity contribution in [2.75, 3.05) is 0 Å². The first-order chi connectivity index (χ1) is 7.34. The van der Waals surface area contributed by atoms with Crippen molar-refractivity contribution in [2.24, 2.45) is 4.99 Å². The molecule has 0 saturated carbocycles. The maximum Gasteiger partial charge on any atom is 0.444 e. The zero-order chi connectivity index (χ0) is 12.3. The van der Waals surface area contributed by atoms with Crippen LogP contribution in [-0.2, 0) is 6.61 Å². The van der Waals surface area contributed by atoms with Gasteiger partial charge in [0, 0.05) is 5.56 Å². The van der Waals surface area contributed by atoms with E-state index >= 15 is 0 Å². The van der Waals surface area contributed by atoms with Crippen LogP contribution in [0, 0.1) is 5.82 Å². The van der Waals surface area contributed by atoms with Crippen LogP contribution in [0.25, 0.3) is 0 Å². The minimum Gasteiger partial charge on any atom is -0.392 e. The Kier molecular flexibility index (Phi) is 3.88. The van der Waals surface area contributed by atoms with E-state index in [0.717, 1.165) is 18.2 Å². The molecule has 0 amide bonds. The Morgan fingerprint density at radius 1 is 1.38 bits per heavy atom. The van der Waals surface area contributed by atoms with Crippen molar-refractivity contribution >= 4 is 22.5 Å². The van der Waals surface area contributed by atoms with Crippen LogP contribution < -0.4 is 0 Å². The maximum absolute atomic E-state index is 12.8. The van der Waals surface area contributed by atoms with Crippen molar-refractivity contribution in [1.82, 2.24) is 0 Å². The second kappa shape index (κ2) is 4.80.